The molecule has 0 aliphatic rings. The van der Waals surface area contributed by atoms with Gasteiger partial charge in [-0.05, 0) is 43.2 Å². The van der Waals surface area contributed by atoms with Crippen LogP contribution >= 0.6 is 23.2 Å². The summed E-state index contributed by atoms with van der Waals surface area (Å²) < 4.78 is 0. The summed E-state index contributed by atoms with van der Waals surface area (Å²) in [4.78, 5) is 12.1. The van der Waals surface area contributed by atoms with Gasteiger partial charge in [0.25, 0.3) is 5.91 Å². The van der Waals surface area contributed by atoms with Crippen molar-refractivity contribution in [2.45, 2.75) is 19.4 Å². The molecule has 2 rings (SSSR count). The molecule has 104 valence electrons. The average Bonchev–Trinajstić information content (AvgIpc) is 2.41. The predicted octanol–water partition coefficient (Wildman–Crippen LogP) is 4.35. The lowest BCUT2D eigenvalue weighted by molar-refractivity contribution is 0.0940. The van der Waals surface area contributed by atoms with Gasteiger partial charge in [0.05, 0.1) is 10.6 Å². The summed E-state index contributed by atoms with van der Waals surface area (Å²) in [7, 11) is 0. The number of carbonyl (C=O) groups is 1. The number of hydrogen-bond acceptors (Lipinski definition) is 1. The number of amides is 1. The van der Waals surface area contributed by atoms with Crippen molar-refractivity contribution in [2.24, 2.45) is 0 Å². The first kappa shape index (κ1) is 14.9. The molecule has 2 aromatic rings. The SMILES string of the molecule is CC(Cc1ccc(Cl)cc1)NC(=O)c1ccccc1Cl. The number of benzene rings is 2. The van der Waals surface area contributed by atoms with Crippen LogP contribution in [0.15, 0.2) is 48.5 Å². The molecule has 2 nitrogen and oxygen atoms in total. The second kappa shape index (κ2) is 6.78. The van der Waals surface area contributed by atoms with E-state index >= 15 is 0 Å². The first-order chi connectivity index (χ1) is 9.56. The summed E-state index contributed by atoms with van der Waals surface area (Å²) in [6, 6.07) is 14.6. The Hall–Kier alpha value is -1.51. The lowest BCUT2D eigenvalue weighted by atomic mass is 10.1. The zero-order valence-corrected chi connectivity index (χ0v) is 12.6. The fourth-order valence-corrected chi connectivity index (χ4v) is 2.32. The maximum absolute atomic E-state index is 12.1. The van der Waals surface area contributed by atoms with Gasteiger partial charge in [0, 0.05) is 11.1 Å². The van der Waals surface area contributed by atoms with Gasteiger partial charge in [0.1, 0.15) is 0 Å². The van der Waals surface area contributed by atoms with Crippen molar-refractivity contribution in [1.29, 1.82) is 0 Å². The fraction of sp³-hybridized carbons (Fsp3) is 0.188. The summed E-state index contributed by atoms with van der Waals surface area (Å²) in [5.74, 6) is -0.155. The van der Waals surface area contributed by atoms with Gasteiger partial charge in [-0.1, -0.05) is 47.5 Å². The average molecular weight is 308 g/mol. The van der Waals surface area contributed by atoms with Gasteiger partial charge < -0.3 is 5.32 Å². The number of nitrogens with one attached hydrogen (secondary N) is 1. The second-order valence-electron chi connectivity index (χ2n) is 4.68. The topological polar surface area (TPSA) is 29.1 Å². The van der Waals surface area contributed by atoms with E-state index < -0.39 is 0 Å². The van der Waals surface area contributed by atoms with Crippen LogP contribution in [-0.2, 0) is 6.42 Å². The van der Waals surface area contributed by atoms with Gasteiger partial charge in [-0.3, -0.25) is 4.79 Å². The number of halogens is 2. The van der Waals surface area contributed by atoms with Gasteiger partial charge in [-0.15, -0.1) is 0 Å². The highest BCUT2D eigenvalue weighted by Gasteiger charge is 2.12. The van der Waals surface area contributed by atoms with Crippen LogP contribution in [0.3, 0.4) is 0 Å². The smallest absolute Gasteiger partial charge is 0.253 e. The van der Waals surface area contributed by atoms with Crippen LogP contribution in [0.4, 0.5) is 0 Å². The molecule has 2 aromatic carbocycles. The minimum absolute atomic E-state index is 0.0138. The van der Waals surface area contributed by atoms with E-state index in [4.69, 9.17) is 23.2 Å². The van der Waals surface area contributed by atoms with E-state index in [1.807, 2.05) is 31.2 Å². The van der Waals surface area contributed by atoms with Crippen molar-refractivity contribution in [1.82, 2.24) is 5.32 Å². The molecule has 0 fully saturated rings. The van der Waals surface area contributed by atoms with E-state index in [1.165, 1.54) is 0 Å². The van der Waals surface area contributed by atoms with Crippen molar-refractivity contribution < 1.29 is 4.79 Å². The molecule has 20 heavy (non-hydrogen) atoms. The van der Waals surface area contributed by atoms with Crippen molar-refractivity contribution in [3.63, 3.8) is 0 Å². The highest BCUT2D eigenvalue weighted by atomic mass is 35.5. The van der Waals surface area contributed by atoms with Crippen LogP contribution in [0.5, 0.6) is 0 Å². The minimum atomic E-state index is -0.155. The molecule has 0 spiro atoms. The monoisotopic (exact) mass is 307 g/mol. The van der Waals surface area contributed by atoms with Gasteiger partial charge in [-0.25, -0.2) is 0 Å². The molecule has 1 unspecified atom stereocenters. The highest BCUT2D eigenvalue weighted by Crippen LogP contribution is 2.15. The lowest BCUT2D eigenvalue weighted by Crippen LogP contribution is -2.34. The molecule has 0 saturated carbocycles. The summed E-state index contributed by atoms with van der Waals surface area (Å²) in [6.45, 7) is 1.96. The van der Waals surface area contributed by atoms with Crippen LogP contribution < -0.4 is 5.32 Å². The summed E-state index contributed by atoms with van der Waals surface area (Å²) in [6.07, 6.45) is 0.743. The molecular formula is C16H15Cl2NO. The Bertz CT molecular complexity index is 596. The summed E-state index contributed by atoms with van der Waals surface area (Å²) in [5, 5.41) is 4.12. The molecular weight excluding hydrogens is 293 g/mol. The molecule has 1 amide bonds. The van der Waals surface area contributed by atoms with Gasteiger partial charge in [0.2, 0.25) is 0 Å². The van der Waals surface area contributed by atoms with Crippen LogP contribution in [0.1, 0.15) is 22.8 Å². The molecule has 0 bridgehead atoms. The Morgan fingerprint density at radius 3 is 2.40 bits per heavy atom. The first-order valence-corrected chi connectivity index (χ1v) is 7.11. The Labute approximate surface area is 128 Å². The third kappa shape index (κ3) is 3.99. The van der Waals surface area contributed by atoms with Crippen LogP contribution in [0.25, 0.3) is 0 Å². The Kier molecular flexibility index (Phi) is 5.05. The number of carbonyl (C=O) groups excluding carboxylic acids is 1. The van der Waals surface area contributed by atoms with Crippen LogP contribution in [-0.4, -0.2) is 11.9 Å². The van der Waals surface area contributed by atoms with E-state index in [-0.39, 0.29) is 11.9 Å². The van der Waals surface area contributed by atoms with Gasteiger partial charge in [0.15, 0.2) is 0 Å². The van der Waals surface area contributed by atoms with Crippen molar-refractivity contribution in [2.75, 3.05) is 0 Å². The van der Waals surface area contributed by atoms with Crippen LogP contribution in [0, 0.1) is 0 Å². The summed E-state index contributed by atoms with van der Waals surface area (Å²) in [5.41, 5.74) is 1.62. The molecule has 0 radical (unpaired) electrons. The van der Waals surface area contributed by atoms with Gasteiger partial charge >= 0.3 is 0 Å². The number of rotatable bonds is 4. The Morgan fingerprint density at radius 1 is 1.10 bits per heavy atom. The second-order valence-corrected chi connectivity index (χ2v) is 5.53. The highest BCUT2D eigenvalue weighted by molar-refractivity contribution is 6.33. The molecule has 0 aliphatic heterocycles. The van der Waals surface area contributed by atoms with Crippen molar-refractivity contribution in [3.8, 4) is 0 Å². The minimum Gasteiger partial charge on any atom is -0.349 e. The van der Waals surface area contributed by atoms with E-state index in [0.29, 0.717) is 15.6 Å². The predicted molar refractivity (Wildman–Crippen MR) is 83.5 cm³/mol. The maximum atomic E-state index is 12.1. The Balaban J connectivity index is 1.98. The normalized spacial score (nSPS) is 11.9. The maximum Gasteiger partial charge on any atom is 0.253 e. The molecule has 4 heteroatoms. The molecule has 0 saturated heterocycles. The van der Waals surface area contributed by atoms with E-state index in [0.717, 1.165) is 12.0 Å². The van der Waals surface area contributed by atoms with Crippen molar-refractivity contribution in [3.05, 3.63) is 69.7 Å². The van der Waals surface area contributed by atoms with E-state index in [1.54, 1.807) is 24.3 Å². The fourth-order valence-electron chi connectivity index (χ4n) is 1.97. The van der Waals surface area contributed by atoms with Gasteiger partial charge in [-0.2, -0.15) is 0 Å². The third-order valence-electron chi connectivity index (χ3n) is 2.95. The molecule has 0 aliphatic carbocycles. The standard InChI is InChI=1S/C16H15Cl2NO/c1-11(10-12-6-8-13(17)9-7-12)19-16(20)14-4-2-3-5-15(14)18/h2-9,11H,10H2,1H3,(H,19,20). The molecule has 1 N–H and O–H groups in total. The first-order valence-electron chi connectivity index (χ1n) is 6.36. The zero-order chi connectivity index (χ0) is 14.5. The largest absolute Gasteiger partial charge is 0.349 e. The lowest BCUT2D eigenvalue weighted by Gasteiger charge is -2.14. The zero-order valence-electron chi connectivity index (χ0n) is 11.1. The molecule has 1 atom stereocenters. The van der Waals surface area contributed by atoms with E-state index in [2.05, 4.69) is 5.32 Å². The van der Waals surface area contributed by atoms with Crippen molar-refractivity contribution >= 4 is 29.1 Å². The number of hydrogen-bond donors (Lipinski definition) is 1. The van der Waals surface area contributed by atoms with Crippen LogP contribution in [0.2, 0.25) is 10.0 Å². The third-order valence-corrected chi connectivity index (χ3v) is 3.53. The quantitative estimate of drug-likeness (QED) is 0.893. The molecule has 0 aromatic heterocycles. The molecule has 0 heterocycles. The Morgan fingerprint density at radius 2 is 1.75 bits per heavy atom. The summed E-state index contributed by atoms with van der Waals surface area (Å²) >= 11 is 11.9. The van der Waals surface area contributed by atoms with E-state index in [9.17, 15) is 4.79 Å².